The molecular weight excluding hydrogens is 330 g/mol. The number of benzene rings is 2. The number of ether oxygens (including phenoxy) is 1. The summed E-state index contributed by atoms with van der Waals surface area (Å²) in [6.45, 7) is 1.85. The van der Waals surface area contributed by atoms with Crippen LogP contribution in [-0.2, 0) is 4.74 Å². The second-order valence-electron chi connectivity index (χ2n) is 6.68. The van der Waals surface area contributed by atoms with Crippen LogP contribution < -0.4 is 0 Å². The molecule has 0 aliphatic carbocycles. The van der Waals surface area contributed by atoms with E-state index in [0.717, 1.165) is 27.4 Å². The van der Waals surface area contributed by atoms with E-state index in [2.05, 4.69) is 22.9 Å². The standard InChI is InChI=1S/C21H21NO4/c1-2-17-19(23)21(25)20(24)18(26-17)10-8-12-7-9-16-14(11-12)13-5-3-4-6-15(13)22-16/h3-7,9,11,17-25H,2H2,1H3/t17?,18?,19-,20?,21?/m1/s1. The highest BCUT2D eigenvalue weighted by Gasteiger charge is 2.42. The molecule has 134 valence electrons. The van der Waals surface area contributed by atoms with Gasteiger partial charge in [-0.25, -0.2) is 0 Å². The zero-order valence-corrected chi connectivity index (χ0v) is 14.4. The summed E-state index contributed by atoms with van der Waals surface area (Å²) < 4.78 is 5.66. The number of rotatable bonds is 1. The lowest BCUT2D eigenvalue weighted by Gasteiger charge is -2.38. The number of fused-ring (bicyclic) bond motifs is 3. The molecule has 1 aromatic heterocycles. The molecule has 4 unspecified atom stereocenters. The highest BCUT2D eigenvalue weighted by molar-refractivity contribution is 6.07. The number of aromatic nitrogens is 1. The van der Waals surface area contributed by atoms with Gasteiger partial charge in [0.05, 0.1) is 6.10 Å². The molecule has 0 spiro atoms. The van der Waals surface area contributed by atoms with E-state index in [4.69, 9.17) is 4.74 Å². The number of para-hydroxylation sites is 1. The molecule has 1 fully saturated rings. The summed E-state index contributed by atoms with van der Waals surface area (Å²) in [4.78, 5) is 3.37. The summed E-state index contributed by atoms with van der Waals surface area (Å²) in [6.07, 6.45) is -4.44. The lowest BCUT2D eigenvalue weighted by molar-refractivity contribution is -0.206. The number of nitrogens with one attached hydrogen (secondary N) is 1. The Hall–Kier alpha value is -2.36. The van der Waals surface area contributed by atoms with Gasteiger partial charge in [-0.3, -0.25) is 0 Å². The Morgan fingerprint density at radius 3 is 2.54 bits per heavy atom. The van der Waals surface area contributed by atoms with Crippen LogP contribution in [0, 0.1) is 11.8 Å². The van der Waals surface area contributed by atoms with E-state index >= 15 is 0 Å². The van der Waals surface area contributed by atoms with Gasteiger partial charge in [0, 0.05) is 27.4 Å². The summed E-state index contributed by atoms with van der Waals surface area (Å²) in [7, 11) is 0. The second kappa shape index (κ2) is 6.75. The van der Waals surface area contributed by atoms with Crippen molar-refractivity contribution in [1.29, 1.82) is 0 Å². The second-order valence-corrected chi connectivity index (χ2v) is 6.68. The molecule has 1 aliphatic heterocycles. The summed E-state index contributed by atoms with van der Waals surface area (Å²) in [6, 6.07) is 14.0. The van der Waals surface area contributed by atoms with Crippen LogP contribution in [0.5, 0.6) is 0 Å². The molecule has 1 saturated heterocycles. The Morgan fingerprint density at radius 1 is 0.962 bits per heavy atom. The van der Waals surface area contributed by atoms with Crippen LogP contribution >= 0.6 is 0 Å². The molecule has 2 aromatic carbocycles. The topological polar surface area (TPSA) is 85.7 Å². The van der Waals surface area contributed by atoms with E-state index in [1.165, 1.54) is 0 Å². The highest BCUT2D eigenvalue weighted by atomic mass is 16.5. The summed E-state index contributed by atoms with van der Waals surface area (Å²) in [5.41, 5.74) is 2.91. The number of H-pyrrole nitrogens is 1. The van der Waals surface area contributed by atoms with Crippen molar-refractivity contribution in [2.45, 2.75) is 43.9 Å². The summed E-state index contributed by atoms with van der Waals surface area (Å²) >= 11 is 0. The SMILES string of the molecule is CCC1OC(C#Cc2ccc3[nH]c4ccccc4c3c2)C(O)C(O)[C@@H]1O. The fourth-order valence-electron chi connectivity index (χ4n) is 3.49. The lowest BCUT2D eigenvalue weighted by atomic mass is 9.94. The Kier molecular flexibility index (Phi) is 4.43. The van der Waals surface area contributed by atoms with Gasteiger partial charge in [-0.15, -0.1) is 0 Å². The molecule has 4 N–H and O–H groups in total. The first-order valence-electron chi connectivity index (χ1n) is 8.80. The third-order valence-electron chi connectivity index (χ3n) is 4.98. The molecule has 2 heterocycles. The van der Waals surface area contributed by atoms with Crippen molar-refractivity contribution >= 4 is 21.8 Å². The van der Waals surface area contributed by atoms with Crippen molar-refractivity contribution in [2.75, 3.05) is 0 Å². The van der Waals surface area contributed by atoms with E-state index in [0.29, 0.717) is 6.42 Å². The summed E-state index contributed by atoms with van der Waals surface area (Å²) in [5.74, 6) is 5.93. The Labute approximate surface area is 151 Å². The maximum Gasteiger partial charge on any atom is 0.147 e. The van der Waals surface area contributed by atoms with Gasteiger partial charge in [0.25, 0.3) is 0 Å². The normalized spacial score (nSPS) is 28.8. The van der Waals surface area contributed by atoms with Gasteiger partial charge in [-0.2, -0.15) is 0 Å². The van der Waals surface area contributed by atoms with Gasteiger partial charge in [0.2, 0.25) is 0 Å². The third-order valence-corrected chi connectivity index (χ3v) is 4.98. The van der Waals surface area contributed by atoms with Gasteiger partial charge in [0.15, 0.2) is 0 Å². The van der Waals surface area contributed by atoms with Crippen molar-refractivity contribution in [3.8, 4) is 11.8 Å². The quantitative estimate of drug-likeness (QED) is 0.505. The molecule has 0 bridgehead atoms. The molecule has 3 aromatic rings. The van der Waals surface area contributed by atoms with Gasteiger partial charge in [-0.05, 0) is 30.7 Å². The molecule has 0 radical (unpaired) electrons. The zero-order valence-electron chi connectivity index (χ0n) is 14.4. The minimum absolute atomic E-state index is 0.532. The van der Waals surface area contributed by atoms with Gasteiger partial charge in [-0.1, -0.05) is 37.0 Å². The predicted molar refractivity (Wildman–Crippen MR) is 99.7 cm³/mol. The lowest BCUT2D eigenvalue weighted by Crippen LogP contribution is -2.56. The van der Waals surface area contributed by atoms with Crippen LogP contribution in [0.3, 0.4) is 0 Å². The molecule has 5 atom stereocenters. The van der Waals surface area contributed by atoms with Crippen LogP contribution in [0.1, 0.15) is 18.9 Å². The van der Waals surface area contributed by atoms with Crippen molar-refractivity contribution < 1.29 is 20.1 Å². The molecule has 4 rings (SSSR count). The van der Waals surface area contributed by atoms with Crippen LogP contribution in [0.15, 0.2) is 42.5 Å². The number of aliphatic hydroxyl groups excluding tert-OH is 3. The van der Waals surface area contributed by atoms with Gasteiger partial charge >= 0.3 is 0 Å². The van der Waals surface area contributed by atoms with Crippen molar-refractivity contribution in [3.63, 3.8) is 0 Å². The maximum atomic E-state index is 10.1. The van der Waals surface area contributed by atoms with Crippen molar-refractivity contribution in [3.05, 3.63) is 48.0 Å². The molecular formula is C21H21NO4. The minimum atomic E-state index is -1.26. The predicted octanol–water partition coefficient (Wildman–Crippen LogP) is 1.93. The molecule has 0 saturated carbocycles. The van der Waals surface area contributed by atoms with Crippen LogP contribution in [0.2, 0.25) is 0 Å². The largest absolute Gasteiger partial charge is 0.388 e. The first-order valence-corrected chi connectivity index (χ1v) is 8.80. The smallest absolute Gasteiger partial charge is 0.147 e. The van der Waals surface area contributed by atoms with Crippen LogP contribution in [-0.4, -0.2) is 50.8 Å². The number of hydrogen-bond acceptors (Lipinski definition) is 4. The van der Waals surface area contributed by atoms with E-state index in [9.17, 15) is 15.3 Å². The molecule has 26 heavy (non-hydrogen) atoms. The van der Waals surface area contributed by atoms with E-state index < -0.39 is 30.5 Å². The average Bonchev–Trinajstić information content (AvgIpc) is 3.03. The Bertz CT molecular complexity index is 997. The minimum Gasteiger partial charge on any atom is -0.388 e. The first kappa shape index (κ1) is 17.1. The van der Waals surface area contributed by atoms with E-state index in [-0.39, 0.29) is 0 Å². The third kappa shape index (κ3) is 2.87. The number of hydrogen-bond donors (Lipinski definition) is 4. The average molecular weight is 351 g/mol. The van der Waals surface area contributed by atoms with Crippen LogP contribution in [0.4, 0.5) is 0 Å². The molecule has 5 nitrogen and oxygen atoms in total. The highest BCUT2D eigenvalue weighted by Crippen LogP contribution is 2.26. The monoisotopic (exact) mass is 351 g/mol. The molecule has 5 heteroatoms. The molecule has 0 amide bonds. The van der Waals surface area contributed by atoms with Gasteiger partial charge < -0.3 is 25.0 Å². The van der Waals surface area contributed by atoms with Crippen molar-refractivity contribution in [1.82, 2.24) is 4.98 Å². The fourth-order valence-corrected chi connectivity index (χ4v) is 3.49. The number of aromatic amines is 1. The van der Waals surface area contributed by atoms with E-state index in [1.54, 1.807) is 0 Å². The van der Waals surface area contributed by atoms with Gasteiger partial charge in [0.1, 0.15) is 24.4 Å². The fraction of sp³-hybridized carbons (Fsp3) is 0.333. The zero-order chi connectivity index (χ0) is 18.3. The maximum absolute atomic E-state index is 10.1. The Morgan fingerprint density at radius 2 is 1.73 bits per heavy atom. The van der Waals surface area contributed by atoms with E-state index in [1.807, 2.05) is 43.3 Å². The number of aliphatic hydroxyl groups is 3. The Balaban J connectivity index is 1.66. The first-order chi connectivity index (χ1) is 12.6. The van der Waals surface area contributed by atoms with Crippen LogP contribution in [0.25, 0.3) is 21.8 Å². The summed E-state index contributed by atoms with van der Waals surface area (Å²) in [5, 5.41) is 32.3. The molecule has 1 aliphatic rings. The van der Waals surface area contributed by atoms with Crippen molar-refractivity contribution in [2.24, 2.45) is 0 Å².